The van der Waals surface area contributed by atoms with E-state index in [4.69, 9.17) is 10.5 Å². The summed E-state index contributed by atoms with van der Waals surface area (Å²) in [5.74, 6) is 6.28. The molecule has 0 fully saturated rings. The van der Waals surface area contributed by atoms with Crippen LogP contribution in [0.3, 0.4) is 0 Å². The molecule has 0 aromatic carbocycles. The predicted molar refractivity (Wildman–Crippen MR) is 62.6 cm³/mol. The smallest absolute Gasteiger partial charge is 0.108 e. The van der Waals surface area contributed by atoms with Gasteiger partial charge in [0.05, 0.1) is 0 Å². The molecule has 0 aliphatic heterocycles. The third kappa shape index (κ3) is 8.51. The lowest BCUT2D eigenvalue weighted by Crippen LogP contribution is -2.25. The fourth-order valence-corrected chi connectivity index (χ4v) is 2.51. The van der Waals surface area contributed by atoms with Gasteiger partial charge in [0, 0.05) is 11.3 Å². The first-order valence-electron chi connectivity index (χ1n) is 4.10. The van der Waals surface area contributed by atoms with Crippen molar-refractivity contribution in [1.82, 2.24) is 0 Å². The number of nitrogens with two attached hydrogens (primary N) is 1. The van der Waals surface area contributed by atoms with Crippen LogP contribution in [0.25, 0.3) is 0 Å². The Labute approximate surface area is 88.8 Å². The average Bonchev–Trinajstić information content (AvgIpc) is 2.11. The predicted octanol–water partition coefficient (Wildman–Crippen LogP) is 2.10. The maximum absolute atomic E-state index is 5.57. The highest BCUT2D eigenvalue weighted by Crippen LogP contribution is 2.34. The monoisotopic (exact) mass is 219 g/mol. The van der Waals surface area contributed by atoms with E-state index in [2.05, 4.69) is 25.7 Å². The standard InChI is InChI=1S/C9H17NOS2/c1-4-5-6-11-8-12-13-9(2,3)7-10/h6-8,10H2,1-3H3. The van der Waals surface area contributed by atoms with E-state index in [0.717, 1.165) is 0 Å². The van der Waals surface area contributed by atoms with E-state index in [9.17, 15) is 0 Å². The first kappa shape index (κ1) is 13.2. The minimum absolute atomic E-state index is 0.129. The fraction of sp³-hybridized carbons (Fsp3) is 0.778. The van der Waals surface area contributed by atoms with Gasteiger partial charge in [-0.1, -0.05) is 27.5 Å². The van der Waals surface area contributed by atoms with Gasteiger partial charge in [0.2, 0.25) is 0 Å². The molecular weight excluding hydrogens is 202 g/mol. The van der Waals surface area contributed by atoms with Gasteiger partial charge in [-0.2, -0.15) is 0 Å². The summed E-state index contributed by atoms with van der Waals surface area (Å²) in [4.78, 5) is 0. The Kier molecular flexibility index (Phi) is 7.68. The van der Waals surface area contributed by atoms with Crippen LogP contribution in [0.15, 0.2) is 0 Å². The Balaban J connectivity index is 3.29. The molecule has 0 atom stereocenters. The molecule has 0 amide bonds. The van der Waals surface area contributed by atoms with Crippen molar-refractivity contribution in [3.05, 3.63) is 0 Å². The molecule has 0 saturated heterocycles. The average molecular weight is 219 g/mol. The van der Waals surface area contributed by atoms with E-state index >= 15 is 0 Å². The summed E-state index contributed by atoms with van der Waals surface area (Å²) in [5.41, 5.74) is 5.57. The molecule has 0 bridgehead atoms. The maximum Gasteiger partial charge on any atom is 0.108 e. The number of rotatable bonds is 6. The van der Waals surface area contributed by atoms with Crippen LogP contribution in [-0.4, -0.2) is 23.8 Å². The zero-order valence-corrected chi connectivity index (χ0v) is 10.1. The molecule has 0 spiro atoms. The van der Waals surface area contributed by atoms with Gasteiger partial charge in [-0.25, -0.2) is 0 Å². The molecule has 0 heterocycles. The second-order valence-electron chi connectivity index (χ2n) is 3.06. The SMILES string of the molecule is CC#CCOCSSC(C)(C)CN. The molecule has 4 heteroatoms. The molecule has 2 N–H and O–H groups in total. The van der Waals surface area contributed by atoms with E-state index in [0.29, 0.717) is 19.1 Å². The van der Waals surface area contributed by atoms with Crippen molar-refractivity contribution >= 4 is 21.6 Å². The van der Waals surface area contributed by atoms with Crippen LogP contribution in [0, 0.1) is 11.8 Å². The molecular formula is C9H17NOS2. The van der Waals surface area contributed by atoms with Gasteiger partial charge >= 0.3 is 0 Å². The number of hydrogen-bond acceptors (Lipinski definition) is 4. The van der Waals surface area contributed by atoms with Crippen molar-refractivity contribution in [1.29, 1.82) is 0 Å². The highest BCUT2D eigenvalue weighted by Gasteiger charge is 2.15. The van der Waals surface area contributed by atoms with E-state index in [1.54, 1.807) is 21.6 Å². The largest absolute Gasteiger partial charge is 0.357 e. The van der Waals surface area contributed by atoms with E-state index in [1.807, 2.05) is 6.92 Å². The lowest BCUT2D eigenvalue weighted by molar-refractivity contribution is 0.223. The Bertz CT molecular complexity index is 184. The van der Waals surface area contributed by atoms with Gasteiger partial charge < -0.3 is 10.5 Å². The summed E-state index contributed by atoms with van der Waals surface area (Å²) in [6, 6.07) is 0. The second-order valence-corrected chi connectivity index (χ2v) is 6.01. The van der Waals surface area contributed by atoms with Gasteiger partial charge in [0.1, 0.15) is 12.5 Å². The summed E-state index contributed by atoms with van der Waals surface area (Å²) >= 11 is 0. The van der Waals surface area contributed by atoms with Crippen LogP contribution in [0.2, 0.25) is 0 Å². The van der Waals surface area contributed by atoms with Crippen LogP contribution in [0.4, 0.5) is 0 Å². The summed E-state index contributed by atoms with van der Waals surface area (Å²) in [6.45, 7) is 7.25. The third-order valence-corrected chi connectivity index (χ3v) is 4.25. The second kappa shape index (κ2) is 7.57. The topological polar surface area (TPSA) is 35.2 Å². The lowest BCUT2D eigenvalue weighted by Gasteiger charge is -2.19. The van der Waals surface area contributed by atoms with E-state index in [-0.39, 0.29) is 4.75 Å². The quantitative estimate of drug-likeness (QED) is 0.321. The van der Waals surface area contributed by atoms with Crippen molar-refractivity contribution in [2.24, 2.45) is 5.73 Å². The minimum atomic E-state index is 0.129. The first-order valence-corrected chi connectivity index (χ1v) is 6.42. The normalized spacial score (nSPS) is 10.8. The summed E-state index contributed by atoms with van der Waals surface area (Å²) in [5, 5.41) is 0. The summed E-state index contributed by atoms with van der Waals surface area (Å²) in [6.07, 6.45) is 0. The van der Waals surface area contributed by atoms with Crippen molar-refractivity contribution in [2.75, 3.05) is 19.1 Å². The molecule has 0 rings (SSSR count). The molecule has 0 aromatic heterocycles. The Hall–Kier alpha value is 0.180. The van der Waals surface area contributed by atoms with Crippen molar-refractivity contribution < 1.29 is 4.74 Å². The van der Waals surface area contributed by atoms with Crippen LogP contribution < -0.4 is 5.73 Å². The van der Waals surface area contributed by atoms with Crippen molar-refractivity contribution in [3.8, 4) is 11.8 Å². The van der Waals surface area contributed by atoms with Gasteiger partial charge in [-0.15, -0.1) is 5.92 Å². The van der Waals surface area contributed by atoms with Crippen LogP contribution in [0.1, 0.15) is 20.8 Å². The highest BCUT2D eigenvalue weighted by atomic mass is 33.1. The Morgan fingerprint density at radius 2 is 2.15 bits per heavy atom. The maximum atomic E-state index is 5.57. The fourth-order valence-electron chi connectivity index (χ4n) is 0.416. The molecule has 0 aromatic rings. The molecule has 0 unspecified atom stereocenters. The Morgan fingerprint density at radius 3 is 2.69 bits per heavy atom. The van der Waals surface area contributed by atoms with E-state index < -0.39 is 0 Å². The molecule has 76 valence electrons. The summed E-state index contributed by atoms with van der Waals surface area (Å²) in [7, 11) is 3.44. The van der Waals surface area contributed by atoms with Gasteiger partial charge in [0.25, 0.3) is 0 Å². The first-order chi connectivity index (χ1) is 6.12. The molecule has 2 nitrogen and oxygen atoms in total. The summed E-state index contributed by atoms with van der Waals surface area (Å²) < 4.78 is 5.37. The highest BCUT2D eigenvalue weighted by molar-refractivity contribution is 8.77. The molecule has 0 aliphatic carbocycles. The van der Waals surface area contributed by atoms with Gasteiger partial charge in [-0.3, -0.25) is 0 Å². The molecule has 0 radical (unpaired) electrons. The van der Waals surface area contributed by atoms with Gasteiger partial charge in [-0.05, 0) is 20.8 Å². The van der Waals surface area contributed by atoms with Crippen molar-refractivity contribution in [2.45, 2.75) is 25.5 Å². The molecule has 0 saturated carbocycles. The van der Waals surface area contributed by atoms with Crippen LogP contribution in [0.5, 0.6) is 0 Å². The molecule has 0 aliphatic rings. The Morgan fingerprint density at radius 1 is 1.46 bits per heavy atom. The molecule has 13 heavy (non-hydrogen) atoms. The third-order valence-electron chi connectivity index (χ3n) is 1.26. The van der Waals surface area contributed by atoms with Crippen LogP contribution >= 0.6 is 21.6 Å². The zero-order valence-electron chi connectivity index (χ0n) is 8.42. The minimum Gasteiger partial charge on any atom is -0.357 e. The lowest BCUT2D eigenvalue weighted by atomic mass is 10.2. The van der Waals surface area contributed by atoms with Crippen molar-refractivity contribution in [3.63, 3.8) is 0 Å². The number of ether oxygens (including phenoxy) is 1. The van der Waals surface area contributed by atoms with E-state index in [1.165, 1.54) is 0 Å². The number of hydrogen-bond donors (Lipinski definition) is 1. The van der Waals surface area contributed by atoms with Crippen LogP contribution in [-0.2, 0) is 4.74 Å². The zero-order chi connectivity index (χ0) is 10.2. The van der Waals surface area contributed by atoms with Gasteiger partial charge in [0.15, 0.2) is 0 Å².